The van der Waals surface area contributed by atoms with Gasteiger partial charge in [0, 0.05) is 32.0 Å². The fourth-order valence-electron chi connectivity index (χ4n) is 3.71. The molecule has 3 aromatic heterocycles. The van der Waals surface area contributed by atoms with Crippen molar-refractivity contribution in [1.29, 1.82) is 0 Å². The van der Waals surface area contributed by atoms with Gasteiger partial charge in [0.15, 0.2) is 5.82 Å². The van der Waals surface area contributed by atoms with E-state index < -0.39 is 12.2 Å². The Morgan fingerprint density at radius 3 is 2.48 bits per heavy atom. The lowest BCUT2D eigenvalue weighted by atomic mass is 10.2. The first kappa shape index (κ1) is 21.1. The number of ether oxygens (including phenoxy) is 1. The molecule has 33 heavy (non-hydrogen) atoms. The summed E-state index contributed by atoms with van der Waals surface area (Å²) < 4.78 is 34.5. The third-order valence-electron chi connectivity index (χ3n) is 5.33. The van der Waals surface area contributed by atoms with E-state index in [-0.39, 0.29) is 5.95 Å². The van der Waals surface area contributed by atoms with E-state index in [1.807, 2.05) is 17.0 Å². The molecule has 4 aromatic rings. The van der Waals surface area contributed by atoms with Crippen LogP contribution in [0.1, 0.15) is 17.8 Å². The fraction of sp³-hybridized carbons (Fsp3) is 0.318. The first-order chi connectivity index (χ1) is 16.2. The maximum absolute atomic E-state index is 13.9. The van der Waals surface area contributed by atoms with Crippen LogP contribution in [0.4, 0.5) is 20.7 Å². The summed E-state index contributed by atoms with van der Waals surface area (Å²) in [6.45, 7) is 2.85. The van der Waals surface area contributed by atoms with Crippen LogP contribution in [-0.4, -0.2) is 62.3 Å². The minimum atomic E-state index is -2.79. The Bertz CT molecular complexity index is 1230. The molecule has 9 nitrogen and oxygen atoms in total. The van der Waals surface area contributed by atoms with E-state index in [4.69, 9.17) is 4.74 Å². The molecule has 1 fully saturated rings. The van der Waals surface area contributed by atoms with E-state index in [9.17, 15) is 8.78 Å². The minimum absolute atomic E-state index is 0.0990. The number of anilines is 2. The smallest absolute Gasteiger partial charge is 0.296 e. The number of hydrogen-bond acceptors (Lipinski definition) is 8. The molecular weight excluding hydrogens is 430 g/mol. The molecule has 0 bridgehead atoms. The zero-order chi connectivity index (χ0) is 22.6. The molecule has 11 heteroatoms. The number of fused-ring (bicyclic) bond motifs is 1. The number of halogens is 2. The summed E-state index contributed by atoms with van der Waals surface area (Å²) in [5.74, 6) is 0.418. The number of nitrogens with one attached hydrogen (secondary N) is 1. The number of rotatable bonds is 7. The normalized spacial score (nSPS) is 14.2. The molecule has 0 spiro atoms. The van der Waals surface area contributed by atoms with Crippen LogP contribution in [0, 0.1) is 0 Å². The fourth-order valence-corrected chi connectivity index (χ4v) is 3.71. The molecular formula is C22H22F2N8O. The molecule has 1 aliphatic rings. The number of aromatic nitrogens is 6. The van der Waals surface area contributed by atoms with E-state index in [1.165, 1.54) is 4.57 Å². The highest BCUT2D eigenvalue weighted by atomic mass is 19.3. The van der Waals surface area contributed by atoms with Gasteiger partial charge in [-0.1, -0.05) is 12.1 Å². The number of alkyl halides is 2. The average Bonchev–Trinajstić information content (AvgIpc) is 3.25. The second-order valence-electron chi connectivity index (χ2n) is 7.49. The number of para-hydroxylation sites is 2. The summed E-state index contributed by atoms with van der Waals surface area (Å²) >= 11 is 0. The van der Waals surface area contributed by atoms with Crippen LogP contribution in [0.25, 0.3) is 17.0 Å². The largest absolute Gasteiger partial charge is 0.378 e. The quantitative estimate of drug-likeness (QED) is 0.457. The Morgan fingerprint density at radius 1 is 0.939 bits per heavy atom. The average molecular weight is 452 g/mol. The maximum Gasteiger partial charge on any atom is 0.296 e. The third kappa shape index (κ3) is 4.58. The van der Waals surface area contributed by atoms with E-state index >= 15 is 0 Å². The molecule has 0 saturated carbocycles. The van der Waals surface area contributed by atoms with Crippen molar-refractivity contribution in [1.82, 2.24) is 29.5 Å². The number of pyridine rings is 1. The molecule has 0 unspecified atom stereocenters. The van der Waals surface area contributed by atoms with Crippen LogP contribution in [0.2, 0.25) is 0 Å². The predicted molar refractivity (Wildman–Crippen MR) is 119 cm³/mol. The highest BCUT2D eigenvalue weighted by Crippen LogP contribution is 2.27. The van der Waals surface area contributed by atoms with Gasteiger partial charge >= 0.3 is 0 Å². The summed E-state index contributed by atoms with van der Waals surface area (Å²) in [5.41, 5.74) is 2.07. The highest BCUT2D eigenvalue weighted by molar-refractivity contribution is 5.77. The Hall–Kier alpha value is -3.73. The van der Waals surface area contributed by atoms with Gasteiger partial charge in [-0.05, 0) is 36.2 Å². The van der Waals surface area contributed by atoms with Gasteiger partial charge in [0.2, 0.25) is 17.8 Å². The zero-order valence-corrected chi connectivity index (χ0v) is 17.7. The van der Waals surface area contributed by atoms with Crippen molar-refractivity contribution in [2.75, 3.05) is 43.1 Å². The van der Waals surface area contributed by atoms with Crippen molar-refractivity contribution in [3.63, 3.8) is 0 Å². The Labute approximate surface area is 188 Å². The molecule has 1 N–H and O–H groups in total. The van der Waals surface area contributed by atoms with Gasteiger partial charge in [0.1, 0.15) is 0 Å². The summed E-state index contributed by atoms with van der Waals surface area (Å²) in [5, 5.41) is 3.21. The maximum atomic E-state index is 13.9. The molecule has 5 rings (SSSR count). The SMILES string of the molecule is FC(F)c1nc2ccccc2n1-c1nc(NCCc2ccncc2)nc(N2CCOCC2)n1. The molecule has 1 aliphatic heterocycles. The van der Waals surface area contributed by atoms with Crippen LogP contribution >= 0.6 is 0 Å². The van der Waals surface area contributed by atoms with Gasteiger partial charge in [0.05, 0.1) is 24.2 Å². The lowest BCUT2D eigenvalue weighted by Gasteiger charge is -2.27. The third-order valence-corrected chi connectivity index (χ3v) is 5.33. The van der Waals surface area contributed by atoms with E-state index in [2.05, 4.69) is 30.2 Å². The minimum Gasteiger partial charge on any atom is -0.378 e. The van der Waals surface area contributed by atoms with E-state index in [0.29, 0.717) is 55.8 Å². The molecule has 1 aromatic carbocycles. The van der Waals surface area contributed by atoms with Gasteiger partial charge < -0.3 is 15.0 Å². The van der Waals surface area contributed by atoms with E-state index in [0.717, 1.165) is 12.0 Å². The van der Waals surface area contributed by atoms with Crippen molar-refractivity contribution in [2.45, 2.75) is 12.8 Å². The van der Waals surface area contributed by atoms with Gasteiger partial charge in [-0.3, -0.25) is 9.55 Å². The highest BCUT2D eigenvalue weighted by Gasteiger charge is 2.24. The second-order valence-corrected chi connectivity index (χ2v) is 7.49. The van der Waals surface area contributed by atoms with Crippen LogP contribution in [-0.2, 0) is 11.2 Å². The molecule has 0 atom stereocenters. The van der Waals surface area contributed by atoms with Crippen LogP contribution in [0.5, 0.6) is 0 Å². The van der Waals surface area contributed by atoms with Crippen molar-refractivity contribution >= 4 is 22.9 Å². The van der Waals surface area contributed by atoms with Gasteiger partial charge in [-0.15, -0.1) is 0 Å². The standard InChI is InChI=1S/C22H22F2N8O/c23-18(24)19-27-16-3-1-2-4-17(16)32(19)22-29-20(26-10-7-15-5-8-25-9-6-15)28-21(30-22)31-11-13-33-14-12-31/h1-6,8-9,18H,7,10-14H2,(H,26,28,29,30). The number of morpholine rings is 1. The molecule has 0 amide bonds. The van der Waals surface area contributed by atoms with Crippen molar-refractivity contribution in [3.05, 3.63) is 60.2 Å². The zero-order valence-electron chi connectivity index (χ0n) is 17.7. The van der Waals surface area contributed by atoms with E-state index in [1.54, 1.807) is 36.7 Å². The molecule has 170 valence electrons. The summed E-state index contributed by atoms with van der Waals surface area (Å²) in [4.78, 5) is 23.7. The lowest BCUT2D eigenvalue weighted by molar-refractivity contribution is 0.122. The summed E-state index contributed by atoms with van der Waals surface area (Å²) in [7, 11) is 0. The second kappa shape index (κ2) is 9.41. The van der Waals surface area contributed by atoms with Gasteiger partial charge in [-0.25, -0.2) is 13.8 Å². The Kier molecular flexibility index (Phi) is 6.03. The lowest BCUT2D eigenvalue weighted by Crippen LogP contribution is -2.37. The van der Waals surface area contributed by atoms with Crippen LogP contribution in [0.15, 0.2) is 48.8 Å². The molecule has 0 aliphatic carbocycles. The monoisotopic (exact) mass is 452 g/mol. The van der Waals surface area contributed by atoms with Gasteiger partial charge in [-0.2, -0.15) is 15.0 Å². The van der Waals surface area contributed by atoms with Crippen LogP contribution in [0.3, 0.4) is 0 Å². The first-order valence-corrected chi connectivity index (χ1v) is 10.7. The number of hydrogen-bond donors (Lipinski definition) is 1. The first-order valence-electron chi connectivity index (χ1n) is 10.7. The summed E-state index contributed by atoms with van der Waals surface area (Å²) in [6, 6.07) is 10.8. The van der Waals surface area contributed by atoms with Crippen molar-refractivity contribution < 1.29 is 13.5 Å². The van der Waals surface area contributed by atoms with Crippen molar-refractivity contribution in [3.8, 4) is 5.95 Å². The molecule has 4 heterocycles. The van der Waals surface area contributed by atoms with Crippen LogP contribution < -0.4 is 10.2 Å². The van der Waals surface area contributed by atoms with Gasteiger partial charge in [0.25, 0.3) is 6.43 Å². The molecule has 0 radical (unpaired) electrons. The predicted octanol–water partition coefficient (Wildman–Crippen LogP) is 3.03. The number of benzene rings is 1. The number of nitrogens with zero attached hydrogens (tertiary/aromatic N) is 7. The van der Waals surface area contributed by atoms with Crippen molar-refractivity contribution in [2.24, 2.45) is 0 Å². The topological polar surface area (TPSA) is 93.9 Å². The Balaban J connectivity index is 1.53. The molecule has 1 saturated heterocycles. The Morgan fingerprint density at radius 2 is 1.70 bits per heavy atom. The summed E-state index contributed by atoms with van der Waals surface area (Å²) in [6.07, 6.45) is 1.42. The number of imidazole rings is 1.